The molecule has 1 heterocycles. The van der Waals surface area contributed by atoms with Gasteiger partial charge in [-0.05, 0) is 35.9 Å². The molecule has 0 aromatic heterocycles. The van der Waals surface area contributed by atoms with Crippen molar-refractivity contribution in [2.24, 2.45) is 0 Å². The van der Waals surface area contributed by atoms with Gasteiger partial charge < -0.3 is 5.11 Å². The molecule has 0 spiro atoms. The van der Waals surface area contributed by atoms with Crippen LogP contribution in [0.3, 0.4) is 0 Å². The van der Waals surface area contributed by atoms with E-state index in [4.69, 9.17) is 23.8 Å². The fourth-order valence-electron chi connectivity index (χ4n) is 2.39. The topological polar surface area (TPSA) is 98.7 Å². The molecule has 0 aliphatic carbocycles. The molecular formula is C19H14ClN3O4S2. The first-order valence-electron chi connectivity index (χ1n) is 8.23. The van der Waals surface area contributed by atoms with Gasteiger partial charge in [0.25, 0.3) is 17.7 Å². The normalized spacial score (nSPS) is 14.9. The molecule has 0 unspecified atom stereocenters. The molecule has 1 aliphatic rings. The highest BCUT2D eigenvalue weighted by Gasteiger charge is 2.33. The average Bonchev–Trinajstić information content (AvgIpc) is 2.95. The zero-order chi connectivity index (χ0) is 21.0. The summed E-state index contributed by atoms with van der Waals surface area (Å²) in [6, 6.07) is 12.8. The number of benzene rings is 2. The molecule has 1 aliphatic heterocycles. The Morgan fingerprint density at radius 1 is 1.14 bits per heavy atom. The number of hydrazine groups is 1. The van der Waals surface area contributed by atoms with Crippen LogP contribution in [0.15, 0.2) is 53.4 Å². The lowest BCUT2D eigenvalue weighted by Gasteiger charge is -2.14. The number of nitrogens with one attached hydrogen (secondary N) is 2. The lowest BCUT2D eigenvalue weighted by molar-refractivity contribution is -0.129. The Balaban J connectivity index is 1.59. The van der Waals surface area contributed by atoms with Crippen molar-refractivity contribution in [1.82, 2.24) is 15.8 Å². The number of phenols is 1. The highest BCUT2D eigenvalue weighted by molar-refractivity contribution is 8.26. The van der Waals surface area contributed by atoms with Gasteiger partial charge in [0.1, 0.15) is 16.6 Å². The summed E-state index contributed by atoms with van der Waals surface area (Å²) in [6.45, 7) is -0.357. The van der Waals surface area contributed by atoms with Gasteiger partial charge in [0.15, 0.2) is 0 Å². The van der Waals surface area contributed by atoms with Crippen LogP contribution >= 0.6 is 35.6 Å². The second kappa shape index (κ2) is 9.08. The number of hydrogen-bond donors (Lipinski definition) is 3. The number of thiocarbonyl (C=S) groups is 1. The van der Waals surface area contributed by atoms with Gasteiger partial charge >= 0.3 is 0 Å². The SMILES string of the molecule is O=C(CN1C(=O)/C(=C/c2ccc(Cl)cc2)SC1=S)NNC(=O)c1ccccc1O. The van der Waals surface area contributed by atoms with Crippen LogP contribution in [0.1, 0.15) is 15.9 Å². The molecule has 29 heavy (non-hydrogen) atoms. The first-order chi connectivity index (χ1) is 13.8. The summed E-state index contributed by atoms with van der Waals surface area (Å²) in [7, 11) is 0. The Morgan fingerprint density at radius 2 is 1.83 bits per heavy atom. The second-order valence-electron chi connectivity index (χ2n) is 5.84. The maximum atomic E-state index is 12.5. The van der Waals surface area contributed by atoms with Crippen molar-refractivity contribution in [3.8, 4) is 5.75 Å². The maximum absolute atomic E-state index is 12.5. The van der Waals surface area contributed by atoms with Crippen molar-refractivity contribution in [1.29, 1.82) is 0 Å². The van der Waals surface area contributed by atoms with Crippen LogP contribution in [0.2, 0.25) is 5.02 Å². The molecule has 3 amide bonds. The number of para-hydroxylation sites is 1. The monoisotopic (exact) mass is 447 g/mol. The smallest absolute Gasteiger partial charge is 0.273 e. The minimum Gasteiger partial charge on any atom is -0.507 e. The third kappa shape index (κ3) is 5.14. The molecule has 7 nitrogen and oxygen atoms in total. The summed E-state index contributed by atoms with van der Waals surface area (Å²) in [5, 5.41) is 10.2. The number of hydrogen-bond acceptors (Lipinski definition) is 6. The number of phenolic OH excluding ortho intramolecular Hbond substituents is 1. The highest BCUT2D eigenvalue weighted by Crippen LogP contribution is 2.32. The minimum absolute atomic E-state index is 0.00399. The highest BCUT2D eigenvalue weighted by atomic mass is 35.5. The number of nitrogens with zero attached hydrogens (tertiary/aromatic N) is 1. The lowest BCUT2D eigenvalue weighted by atomic mass is 10.2. The van der Waals surface area contributed by atoms with E-state index in [1.807, 2.05) is 0 Å². The Hall–Kier alpha value is -2.88. The second-order valence-corrected chi connectivity index (χ2v) is 7.95. The Morgan fingerprint density at radius 3 is 2.52 bits per heavy atom. The van der Waals surface area contributed by atoms with Gasteiger partial charge in [-0.2, -0.15) is 0 Å². The van der Waals surface area contributed by atoms with Crippen LogP contribution in [0.4, 0.5) is 0 Å². The summed E-state index contributed by atoms with van der Waals surface area (Å²) in [5.74, 6) is -1.96. The van der Waals surface area contributed by atoms with Gasteiger partial charge in [-0.15, -0.1) is 0 Å². The number of halogens is 1. The molecule has 2 aromatic rings. The molecule has 3 rings (SSSR count). The summed E-state index contributed by atoms with van der Waals surface area (Å²) in [5.41, 5.74) is 5.16. The van der Waals surface area contributed by atoms with Gasteiger partial charge in [0.2, 0.25) is 0 Å². The van der Waals surface area contributed by atoms with Crippen molar-refractivity contribution in [3.63, 3.8) is 0 Å². The molecule has 3 N–H and O–H groups in total. The third-order valence-corrected chi connectivity index (χ3v) is 5.44. The predicted molar refractivity (Wildman–Crippen MR) is 115 cm³/mol. The van der Waals surface area contributed by atoms with E-state index >= 15 is 0 Å². The van der Waals surface area contributed by atoms with E-state index in [1.54, 1.807) is 42.5 Å². The molecule has 148 valence electrons. The van der Waals surface area contributed by atoms with Crippen LogP contribution in [-0.4, -0.2) is 38.6 Å². The first kappa shape index (κ1) is 20.8. The molecule has 0 radical (unpaired) electrons. The van der Waals surface area contributed by atoms with E-state index in [0.717, 1.165) is 22.2 Å². The Labute approximate surface area is 180 Å². The average molecular weight is 448 g/mol. The first-order valence-corrected chi connectivity index (χ1v) is 9.83. The molecule has 0 atom stereocenters. The van der Waals surface area contributed by atoms with Gasteiger partial charge in [0, 0.05) is 5.02 Å². The molecule has 0 bridgehead atoms. The lowest BCUT2D eigenvalue weighted by Crippen LogP contribution is -2.47. The molecule has 1 saturated heterocycles. The standard InChI is InChI=1S/C19H14ClN3O4S2/c20-12-7-5-11(6-8-12)9-15-18(27)23(19(28)29-15)10-16(25)21-22-17(26)13-3-1-2-4-14(13)24/h1-9,24H,10H2,(H,21,25)(H,22,26)/b15-9-. The number of thioether (sulfide) groups is 1. The Kier molecular flexibility index (Phi) is 6.53. The number of carbonyl (C=O) groups is 3. The zero-order valence-corrected chi connectivity index (χ0v) is 17.1. The molecule has 2 aromatic carbocycles. The van der Waals surface area contributed by atoms with E-state index in [9.17, 15) is 19.5 Å². The van der Waals surface area contributed by atoms with Crippen LogP contribution in [0, 0.1) is 0 Å². The maximum Gasteiger partial charge on any atom is 0.273 e. The fraction of sp³-hybridized carbons (Fsp3) is 0.0526. The molecular weight excluding hydrogens is 434 g/mol. The summed E-state index contributed by atoms with van der Waals surface area (Å²) >= 11 is 12.1. The number of aromatic hydroxyl groups is 1. The summed E-state index contributed by atoms with van der Waals surface area (Å²) in [6.07, 6.45) is 1.66. The van der Waals surface area contributed by atoms with Crippen molar-refractivity contribution in [3.05, 3.63) is 69.6 Å². The molecule has 10 heteroatoms. The van der Waals surface area contributed by atoms with Crippen LogP contribution in [0.5, 0.6) is 5.75 Å². The van der Waals surface area contributed by atoms with Gasteiger partial charge in [-0.1, -0.05) is 59.8 Å². The number of rotatable bonds is 4. The van der Waals surface area contributed by atoms with E-state index < -0.39 is 17.7 Å². The Bertz CT molecular complexity index is 1020. The van der Waals surface area contributed by atoms with Gasteiger partial charge in [-0.25, -0.2) is 0 Å². The fourth-order valence-corrected chi connectivity index (χ4v) is 3.77. The predicted octanol–water partition coefficient (Wildman–Crippen LogP) is 2.71. The largest absolute Gasteiger partial charge is 0.507 e. The van der Waals surface area contributed by atoms with E-state index in [1.165, 1.54) is 12.1 Å². The number of carbonyl (C=O) groups excluding carboxylic acids is 3. The van der Waals surface area contributed by atoms with Crippen molar-refractivity contribution in [2.75, 3.05) is 6.54 Å². The summed E-state index contributed by atoms with van der Waals surface area (Å²) in [4.78, 5) is 38.2. The van der Waals surface area contributed by atoms with E-state index in [2.05, 4.69) is 10.9 Å². The van der Waals surface area contributed by atoms with Crippen LogP contribution < -0.4 is 10.9 Å². The van der Waals surface area contributed by atoms with Crippen LogP contribution in [-0.2, 0) is 9.59 Å². The molecule has 1 fully saturated rings. The van der Waals surface area contributed by atoms with Crippen LogP contribution in [0.25, 0.3) is 6.08 Å². The molecule has 0 saturated carbocycles. The third-order valence-electron chi connectivity index (χ3n) is 3.81. The quantitative estimate of drug-likeness (QED) is 0.378. The van der Waals surface area contributed by atoms with E-state index in [0.29, 0.717) is 9.93 Å². The minimum atomic E-state index is -0.690. The van der Waals surface area contributed by atoms with Gasteiger partial charge in [0.05, 0.1) is 10.5 Å². The van der Waals surface area contributed by atoms with E-state index in [-0.39, 0.29) is 22.2 Å². The number of amides is 3. The van der Waals surface area contributed by atoms with Crippen molar-refractivity contribution >= 4 is 63.7 Å². The van der Waals surface area contributed by atoms with Crippen molar-refractivity contribution < 1.29 is 19.5 Å². The summed E-state index contributed by atoms with van der Waals surface area (Å²) < 4.78 is 0.234. The van der Waals surface area contributed by atoms with Crippen molar-refractivity contribution in [2.45, 2.75) is 0 Å². The zero-order valence-electron chi connectivity index (χ0n) is 14.7. The van der Waals surface area contributed by atoms with Gasteiger partial charge in [-0.3, -0.25) is 30.1 Å².